The number of carbonyl (C=O) groups excluding carboxylic acids is 4. The van der Waals surface area contributed by atoms with E-state index in [0.29, 0.717) is 38.2 Å². The second-order valence-corrected chi connectivity index (χ2v) is 12.6. The molecule has 0 bridgehead atoms. The van der Waals surface area contributed by atoms with E-state index < -0.39 is 0 Å². The van der Waals surface area contributed by atoms with Gasteiger partial charge in [0.15, 0.2) is 0 Å². The number of imide groups is 1. The van der Waals surface area contributed by atoms with E-state index in [-0.39, 0.29) is 29.5 Å². The third-order valence-electron chi connectivity index (χ3n) is 9.40. The minimum atomic E-state index is -0.347. The van der Waals surface area contributed by atoms with Crippen molar-refractivity contribution < 1.29 is 19.2 Å². The van der Waals surface area contributed by atoms with Gasteiger partial charge < -0.3 is 14.8 Å². The Morgan fingerprint density at radius 2 is 1.88 bits per heavy atom. The van der Waals surface area contributed by atoms with E-state index in [9.17, 15) is 19.2 Å². The number of imidazole rings is 1. The summed E-state index contributed by atoms with van der Waals surface area (Å²) in [4.78, 5) is 64.8. The molecule has 0 aliphatic carbocycles. The lowest BCUT2D eigenvalue weighted by Crippen LogP contribution is -2.39. The van der Waals surface area contributed by atoms with Crippen LogP contribution in [0, 0.1) is 0 Å². The van der Waals surface area contributed by atoms with E-state index in [0.717, 1.165) is 68.9 Å². The van der Waals surface area contributed by atoms with Crippen molar-refractivity contribution in [2.75, 3.05) is 13.1 Å². The van der Waals surface area contributed by atoms with Gasteiger partial charge in [0.1, 0.15) is 11.5 Å². The number of aryl methyl sites for hydroxylation is 1. The molecule has 50 heavy (non-hydrogen) atoms. The summed E-state index contributed by atoms with van der Waals surface area (Å²) in [5.41, 5.74) is 6.49. The molecule has 0 spiro atoms. The van der Waals surface area contributed by atoms with Crippen molar-refractivity contribution >= 4 is 40.5 Å². The van der Waals surface area contributed by atoms with Gasteiger partial charge in [-0.25, -0.2) is 4.98 Å². The van der Waals surface area contributed by atoms with Crippen LogP contribution in [0.15, 0.2) is 79.1 Å². The predicted molar refractivity (Wildman–Crippen MR) is 190 cm³/mol. The average Bonchev–Trinajstić information content (AvgIpc) is 3.51. The van der Waals surface area contributed by atoms with Crippen molar-refractivity contribution in [1.82, 2.24) is 35.1 Å². The summed E-state index contributed by atoms with van der Waals surface area (Å²) in [6.45, 7) is 5.95. The minimum absolute atomic E-state index is 0.0612. The molecule has 4 amide bonds. The van der Waals surface area contributed by atoms with E-state index in [1.54, 1.807) is 19.2 Å². The summed E-state index contributed by atoms with van der Waals surface area (Å²) in [6.07, 6.45) is 8.86. The Hall–Kier alpha value is -5.97. The predicted octanol–water partition coefficient (Wildman–Crippen LogP) is 5.05. The Labute approximate surface area is 289 Å². The van der Waals surface area contributed by atoms with Crippen LogP contribution in [-0.4, -0.2) is 61.1 Å². The number of piperidine rings is 1. The van der Waals surface area contributed by atoms with E-state index >= 15 is 0 Å². The molecule has 5 heterocycles. The number of amides is 4. The Morgan fingerprint density at radius 1 is 1.02 bits per heavy atom. The van der Waals surface area contributed by atoms with Crippen LogP contribution in [0.2, 0.25) is 0 Å². The first-order valence-electron chi connectivity index (χ1n) is 16.9. The molecule has 0 radical (unpaired) electrons. The first-order chi connectivity index (χ1) is 24.3. The molecule has 1 fully saturated rings. The second-order valence-electron chi connectivity index (χ2n) is 12.6. The highest BCUT2D eigenvalue weighted by Gasteiger charge is 2.28. The third kappa shape index (κ3) is 6.54. The topological polar surface area (TPSA) is 139 Å². The number of nitrogens with one attached hydrogen (secondary N) is 2. The zero-order valence-electron chi connectivity index (χ0n) is 28.0. The van der Waals surface area contributed by atoms with Crippen LogP contribution in [0.1, 0.15) is 65.7 Å². The number of aromatic nitrogens is 4. The molecule has 0 saturated carbocycles. The van der Waals surface area contributed by atoms with Gasteiger partial charge in [-0.3, -0.25) is 34.5 Å². The van der Waals surface area contributed by atoms with Crippen molar-refractivity contribution in [3.63, 3.8) is 0 Å². The number of rotatable bonds is 8. The van der Waals surface area contributed by atoms with Gasteiger partial charge in [-0.15, -0.1) is 0 Å². The summed E-state index contributed by atoms with van der Waals surface area (Å²) < 4.78 is 2.25. The van der Waals surface area contributed by atoms with Gasteiger partial charge >= 0.3 is 0 Å². The summed E-state index contributed by atoms with van der Waals surface area (Å²) in [5.74, 6) is -0.0693. The summed E-state index contributed by atoms with van der Waals surface area (Å²) >= 11 is 0. The maximum Gasteiger partial charge on any atom is 0.270 e. The highest BCUT2D eigenvalue weighted by atomic mass is 16.2. The fraction of sp³-hybridized carbons (Fsp3) is 0.256. The van der Waals surface area contributed by atoms with Crippen LogP contribution in [0.5, 0.6) is 0 Å². The fourth-order valence-electron chi connectivity index (χ4n) is 6.74. The zero-order chi connectivity index (χ0) is 34.8. The number of benzene rings is 2. The summed E-state index contributed by atoms with van der Waals surface area (Å²) in [6, 6.07) is 19.3. The Kier molecular flexibility index (Phi) is 9.04. The van der Waals surface area contributed by atoms with Crippen LogP contribution in [-0.2, 0) is 33.9 Å². The third-order valence-corrected chi connectivity index (χ3v) is 9.40. The van der Waals surface area contributed by atoms with E-state index in [2.05, 4.69) is 33.2 Å². The Bertz CT molecular complexity index is 2170. The number of carbonyl (C=O) groups is 4. The van der Waals surface area contributed by atoms with Crippen LogP contribution in [0.4, 0.5) is 0 Å². The average molecular weight is 668 g/mol. The first-order valence-corrected chi connectivity index (χ1v) is 16.9. The number of nitrogens with zero attached hydrogens (tertiary/aromatic N) is 5. The van der Waals surface area contributed by atoms with Crippen LogP contribution in [0.25, 0.3) is 39.4 Å². The lowest BCUT2D eigenvalue weighted by Gasteiger charge is -2.28. The van der Waals surface area contributed by atoms with Gasteiger partial charge in [0.05, 0.1) is 29.5 Å². The highest BCUT2D eigenvalue weighted by molar-refractivity contribution is 6.01. The van der Waals surface area contributed by atoms with Crippen molar-refractivity contribution in [2.24, 2.45) is 0 Å². The fourth-order valence-corrected chi connectivity index (χ4v) is 6.74. The molecule has 2 aromatic carbocycles. The van der Waals surface area contributed by atoms with Crippen molar-refractivity contribution in [2.45, 2.75) is 52.1 Å². The normalized spacial score (nSPS) is 16.0. The van der Waals surface area contributed by atoms with Crippen molar-refractivity contribution in [1.29, 1.82) is 0 Å². The molecule has 2 aliphatic heterocycles. The number of hydrogen-bond acceptors (Lipinski definition) is 7. The molecule has 2 aliphatic rings. The quantitative estimate of drug-likeness (QED) is 0.221. The first kappa shape index (κ1) is 32.6. The van der Waals surface area contributed by atoms with Crippen LogP contribution in [0.3, 0.4) is 0 Å². The lowest BCUT2D eigenvalue weighted by molar-refractivity contribution is -0.134. The van der Waals surface area contributed by atoms with Gasteiger partial charge in [0.2, 0.25) is 17.7 Å². The molecule has 1 unspecified atom stereocenters. The molecule has 11 heteroatoms. The van der Waals surface area contributed by atoms with E-state index in [4.69, 9.17) is 9.97 Å². The number of hydrogen-bond donors (Lipinski definition) is 2. The standard InChI is InChI=1S/C39H37N7O4/c1-3-35-43-37(34-23-45(24(2)47)17-18-46(34)35)30-11-5-10-27-20-33(42-22-31(27)30)28-12-14-32(41-21-28)39(50)40-16-6-8-25-7-4-9-26(19-25)29-13-15-36(48)44-38(29)49/h4-12,14,19-22,29H,3,13,15-18,23H2,1-2H3,(H,40,50)(H,44,48,49)/b8-6+. The second kappa shape index (κ2) is 13.9. The maximum atomic E-state index is 12.8. The van der Waals surface area contributed by atoms with Crippen molar-refractivity contribution in [3.05, 3.63) is 107 Å². The maximum absolute atomic E-state index is 12.8. The Balaban J connectivity index is 1.02. The molecule has 1 atom stereocenters. The molecule has 7 rings (SSSR count). The monoisotopic (exact) mass is 667 g/mol. The highest BCUT2D eigenvalue weighted by Crippen LogP contribution is 2.34. The van der Waals surface area contributed by atoms with Gasteiger partial charge in [-0.05, 0) is 41.1 Å². The molecule has 2 N–H and O–H groups in total. The molecule has 252 valence electrons. The smallest absolute Gasteiger partial charge is 0.270 e. The summed E-state index contributed by atoms with van der Waals surface area (Å²) in [5, 5.41) is 7.24. The minimum Gasteiger partial charge on any atom is -0.347 e. The SMILES string of the molecule is CCc1nc(-c2cccc3cc(-c4ccc(C(=O)NC/C=C/c5cccc(C6CCC(=O)NC6=O)c5)nc4)ncc23)c2n1CCN(C(C)=O)C2. The van der Waals surface area contributed by atoms with Crippen molar-refractivity contribution in [3.8, 4) is 22.5 Å². The van der Waals surface area contributed by atoms with Gasteiger partial charge in [0.25, 0.3) is 5.91 Å². The molecule has 5 aromatic rings. The number of fused-ring (bicyclic) bond motifs is 2. The lowest BCUT2D eigenvalue weighted by atomic mass is 9.89. The van der Waals surface area contributed by atoms with Crippen LogP contribution < -0.4 is 10.6 Å². The zero-order valence-corrected chi connectivity index (χ0v) is 28.0. The van der Waals surface area contributed by atoms with Crippen LogP contribution >= 0.6 is 0 Å². The van der Waals surface area contributed by atoms with Gasteiger partial charge in [-0.1, -0.05) is 61.5 Å². The van der Waals surface area contributed by atoms with E-state index in [1.807, 2.05) is 71.8 Å². The molecule has 3 aromatic heterocycles. The molecule has 11 nitrogen and oxygen atoms in total. The molecular weight excluding hydrogens is 630 g/mol. The summed E-state index contributed by atoms with van der Waals surface area (Å²) in [7, 11) is 0. The molecular formula is C39H37N7O4. The Morgan fingerprint density at radius 3 is 2.66 bits per heavy atom. The molecule has 1 saturated heterocycles. The largest absolute Gasteiger partial charge is 0.347 e. The van der Waals surface area contributed by atoms with E-state index in [1.165, 1.54) is 0 Å². The van der Waals surface area contributed by atoms with Gasteiger partial charge in [0, 0.05) is 68.3 Å². The number of pyridine rings is 2. The van der Waals surface area contributed by atoms with Gasteiger partial charge in [-0.2, -0.15) is 0 Å².